The Morgan fingerprint density at radius 1 is 1.01 bits per heavy atom. The molecule has 0 unspecified atom stereocenters. The van der Waals surface area contributed by atoms with Crippen LogP contribution in [0.3, 0.4) is 0 Å². The summed E-state index contributed by atoms with van der Waals surface area (Å²) in [7, 11) is -7.05. The number of fused-ring (bicyclic) bond motifs is 1. The monoisotopic (exact) mass is 1060 g/mol. The first-order valence-corrected chi connectivity index (χ1v) is 28.2. The number of nitrogens with one attached hydrogen (secondary N) is 4. The van der Waals surface area contributed by atoms with Gasteiger partial charge in [-0.05, 0) is 98.8 Å². The molecule has 2 saturated heterocycles. The predicted molar refractivity (Wildman–Crippen MR) is 277 cm³/mol. The molecule has 23 heteroatoms. The summed E-state index contributed by atoms with van der Waals surface area (Å²) in [6.07, 6.45) is 8.27. The van der Waals surface area contributed by atoms with Gasteiger partial charge in [-0.25, -0.2) is 27.2 Å². The molecule has 1 amide bonds. The molecule has 1 spiro atoms. The fourth-order valence-electron chi connectivity index (χ4n) is 11.3. The van der Waals surface area contributed by atoms with E-state index in [1.165, 1.54) is 24.8 Å². The molecular weight excluding hydrogens is 996 g/mol. The van der Waals surface area contributed by atoms with Crippen molar-refractivity contribution in [3.8, 4) is 17.4 Å². The molecule has 5 N–H and O–H groups in total. The van der Waals surface area contributed by atoms with Gasteiger partial charge in [0.05, 0.1) is 34.8 Å². The lowest BCUT2D eigenvalue weighted by molar-refractivity contribution is -0.384. The molecule has 74 heavy (non-hydrogen) atoms. The number of rotatable bonds is 17. The van der Waals surface area contributed by atoms with E-state index in [4.69, 9.17) is 9.47 Å². The molecule has 2 saturated carbocycles. The van der Waals surface area contributed by atoms with Crippen LogP contribution >= 0.6 is 0 Å². The van der Waals surface area contributed by atoms with Crippen LogP contribution in [0.1, 0.15) is 113 Å². The molecule has 5 aromatic rings. The molecule has 398 valence electrons. The Bertz CT molecular complexity index is 3130. The number of aromatic nitrogens is 3. The lowest BCUT2D eigenvalue weighted by atomic mass is 9.59. The smallest absolute Gasteiger partial charge is 0.312 e. The lowest BCUT2D eigenvalue weighted by Crippen LogP contribution is -2.61. The maximum absolute atomic E-state index is 14.9. The van der Waals surface area contributed by atoms with Crippen molar-refractivity contribution >= 4 is 54.4 Å². The molecule has 4 fully saturated rings. The van der Waals surface area contributed by atoms with Crippen LogP contribution in [0, 0.1) is 27.3 Å². The van der Waals surface area contributed by atoms with Crippen LogP contribution in [-0.4, -0.2) is 121 Å². The SMILES string of the molecule is CCNS(=O)(=O)N1CCN(C2CC3(CCN(c4ccc(C(=O)NS(=O)(=O)c5cnc(NCC6CCC(C)(O)CC6)c([N+](=O)[O-])c5)c(Oc5cc6c(F)c[nH]c6nc5OC)c4)CC3)C2)[C@H](c2ccccc2C(C)C)C1. The van der Waals surface area contributed by atoms with E-state index >= 15 is 0 Å². The molecule has 0 radical (unpaired) electrons. The lowest BCUT2D eigenvalue weighted by Gasteiger charge is -2.58. The first-order chi connectivity index (χ1) is 35.2. The molecule has 0 bridgehead atoms. The van der Waals surface area contributed by atoms with Crippen molar-refractivity contribution in [3.63, 3.8) is 0 Å². The Labute approximate surface area is 430 Å². The van der Waals surface area contributed by atoms with Gasteiger partial charge in [-0.15, -0.1) is 0 Å². The number of aliphatic hydroxyl groups is 1. The average molecular weight is 1060 g/mol. The van der Waals surface area contributed by atoms with Crippen LogP contribution in [0.2, 0.25) is 0 Å². The number of sulfonamides is 1. The number of nitrogens with zero attached hydrogens (tertiary/aromatic N) is 6. The number of amides is 1. The Balaban J connectivity index is 0.932. The first-order valence-electron chi connectivity index (χ1n) is 25.2. The number of halogens is 1. The largest absolute Gasteiger partial charge is 0.478 e. The van der Waals surface area contributed by atoms with Gasteiger partial charge < -0.3 is 29.8 Å². The van der Waals surface area contributed by atoms with Crippen molar-refractivity contribution < 1.29 is 45.5 Å². The van der Waals surface area contributed by atoms with Crippen molar-refractivity contribution in [1.29, 1.82) is 0 Å². The molecule has 5 heterocycles. The van der Waals surface area contributed by atoms with E-state index in [2.05, 4.69) is 60.8 Å². The molecule has 4 aliphatic rings. The number of carbonyl (C=O) groups is 1. The van der Waals surface area contributed by atoms with Gasteiger partial charge in [-0.3, -0.25) is 19.8 Å². The fraction of sp³-hybridized carbons (Fsp3) is 0.510. The van der Waals surface area contributed by atoms with Gasteiger partial charge in [0.25, 0.3) is 32.0 Å². The number of piperidine rings is 1. The summed E-state index contributed by atoms with van der Waals surface area (Å²) in [5, 5.41) is 25.6. The molecule has 2 aliphatic heterocycles. The van der Waals surface area contributed by atoms with Crippen molar-refractivity contribution in [2.45, 2.75) is 108 Å². The van der Waals surface area contributed by atoms with Crippen LogP contribution in [0.25, 0.3) is 11.0 Å². The van der Waals surface area contributed by atoms with Crippen LogP contribution in [0.5, 0.6) is 17.4 Å². The Kier molecular flexibility index (Phi) is 15.0. The Morgan fingerprint density at radius 2 is 1.74 bits per heavy atom. The highest BCUT2D eigenvalue weighted by Crippen LogP contribution is 2.53. The number of carbonyl (C=O) groups excluding carboxylic acids is 1. The van der Waals surface area contributed by atoms with Crippen molar-refractivity contribution in [3.05, 3.63) is 99.6 Å². The summed E-state index contributed by atoms with van der Waals surface area (Å²) < 4.78 is 87.2. The quantitative estimate of drug-likeness (QED) is 0.0450. The van der Waals surface area contributed by atoms with Gasteiger partial charge in [0.15, 0.2) is 5.75 Å². The number of benzene rings is 2. The number of nitro groups is 1. The first kappa shape index (κ1) is 52.9. The summed E-state index contributed by atoms with van der Waals surface area (Å²) in [6, 6.07) is 15.4. The second kappa shape index (κ2) is 21.0. The van der Waals surface area contributed by atoms with Crippen LogP contribution in [0.4, 0.5) is 21.6 Å². The fourth-order valence-corrected chi connectivity index (χ4v) is 13.4. The van der Waals surface area contributed by atoms with Crippen LogP contribution < -0.4 is 29.1 Å². The molecule has 20 nitrogen and oxygen atoms in total. The normalized spacial score (nSPS) is 21.9. The van der Waals surface area contributed by atoms with Crippen molar-refractivity contribution in [2.75, 3.05) is 63.1 Å². The molecular formula is C51H65FN10O10S2. The minimum absolute atomic E-state index is 0.0405. The predicted octanol–water partition coefficient (Wildman–Crippen LogP) is 7.36. The Morgan fingerprint density at radius 3 is 2.43 bits per heavy atom. The van der Waals surface area contributed by atoms with Gasteiger partial charge in [0.1, 0.15) is 22.1 Å². The third-order valence-corrected chi connectivity index (χ3v) is 18.5. The molecule has 1 atom stereocenters. The highest BCUT2D eigenvalue weighted by Gasteiger charge is 2.51. The number of methoxy groups -OCH3 is 1. The number of ether oxygens (including phenoxy) is 2. The third kappa shape index (κ3) is 11.0. The number of pyridine rings is 2. The summed E-state index contributed by atoms with van der Waals surface area (Å²) in [5.74, 6) is -1.67. The van der Waals surface area contributed by atoms with E-state index in [-0.39, 0.29) is 69.1 Å². The van der Waals surface area contributed by atoms with E-state index in [1.54, 1.807) is 30.3 Å². The summed E-state index contributed by atoms with van der Waals surface area (Å²) in [6.45, 7) is 11.2. The van der Waals surface area contributed by atoms with Crippen LogP contribution in [0.15, 0.2) is 71.9 Å². The van der Waals surface area contributed by atoms with E-state index in [9.17, 15) is 41.2 Å². The number of piperazine rings is 1. The van der Waals surface area contributed by atoms with Gasteiger partial charge in [-0.1, -0.05) is 45.0 Å². The third-order valence-electron chi connectivity index (χ3n) is 15.5. The van der Waals surface area contributed by atoms with Crippen molar-refractivity contribution in [1.82, 2.24) is 33.6 Å². The molecule has 3 aromatic heterocycles. The van der Waals surface area contributed by atoms with Gasteiger partial charge >= 0.3 is 5.69 Å². The molecule has 9 rings (SSSR count). The molecule has 2 aromatic carbocycles. The highest BCUT2D eigenvalue weighted by molar-refractivity contribution is 7.90. The van der Waals surface area contributed by atoms with E-state index in [1.807, 2.05) is 16.9 Å². The second-order valence-corrected chi connectivity index (χ2v) is 24.2. The van der Waals surface area contributed by atoms with Gasteiger partial charge in [-0.2, -0.15) is 17.7 Å². The number of hydrogen-bond acceptors (Lipinski definition) is 15. The highest BCUT2D eigenvalue weighted by atomic mass is 32.2. The van der Waals surface area contributed by atoms with Gasteiger partial charge in [0.2, 0.25) is 5.82 Å². The minimum atomic E-state index is -4.76. The van der Waals surface area contributed by atoms with E-state index in [0.29, 0.717) is 77.2 Å². The number of H-pyrrole nitrogens is 1. The minimum Gasteiger partial charge on any atom is -0.478 e. The number of anilines is 2. The van der Waals surface area contributed by atoms with Gasteiger partial charge in [0, 0.05) is 88.0 Å². The molecule has 2 aliphatic carbocycles. The summed E-state index contributed by atoms with van der Waals surface area (Å²) in [4.78, 5) is 40.8. The summed E-state index contributed by atoms with van der Waals surface area (Å²) >= 11 is 0. The second-order valence-electron chi connectivity index (χ2n) is 20.8. The van der Waals surface area contributed by atoms with Crippen LogP contribution in [-0.2, 0) is 20.2 Å². The number of aromatic amines is 1. The summed E-state index contributed by atoms with van der Waals surface area (Å²) in [5.41, 5.74) is 1.71. The Hall–Kier alpha value is -5.98. The zero-order valence-electron chi connectivity index (χ0n) is 42.3. The van der Waals surface area contributed by atoms with E-state index < -0.39 is 53.1 Å². The number of hydrogen-bond donors (Lipinski definition) is 5. The zero-order chi connectivity index (χ0) is 52.7. The maximum Gasteiger partial charge on any atom is 0.312 e. The zero-order valence-corrected chi connectivity index (χ0v) is 43.9. The average Bonchev–Trinajstić information content (AvgIpc) is 3.72. The van der Waals surface area contributed by atoms with Crippen molar-refractivity contribution in [2.24, 2.45) is 11.3 Å². The topological polar surface area (TPSA) is 255 Å². The standard InChI is InChI=1S/C51H65FN10O10S2/c1-6-56-74(69,70)60-21-22-61(43(31-60)38-10-8-7-9-37(38)32(2)3)35-26-51(27-35)17-19-59(20-18-51)34-11-12-39(44(23-34)72-45-25-40-41(52)30-55-46(40)57-49(45)71-5)48(63)58-73(67,68)36-24-42(62(65)66)47(54-29-36)53-28-33-13-15-50(4,64)16-14-33/h7-12,23-25,29-30,32-33,35,43,56,64H,6,13-22,26-28,31H2,1-5H3,(H,53,54)(H,55,57)(H,58,63)/t33?,43-,50?/m0/s1. The maximum atomic E-state index is 14.9. The van der Waals surface area contributed by atoms with E-state index in [0.717, 1.165) is 49.7 Å².